The van der Waals surface area contributed by atoms with Crippen LogP contribution in [0.1, 0.15) is 43.0 Å². The highest BCUT2D eigenvalue weighted by atomic mass is 19.1. The summed E-state index contributed by atoms with van der Waals surface area (Å²) in [6.07, 6.45) is 1.19. The lowest BCUT2D eigenvalue weighted by molar-refractivity contribution is 0.0181. The number of rotatable bonds is 7. The minimum atomic E-state index is -1.91. The molecule has 4 nitrogen and oxygen atoms in total. The molecule has 1 heterocycles. The van der Waals surface area contributed by atoms with Gasteiger partial charge in [-0.1, -0.05) is 24.3 Å². The predicted molar refractivity (Wildman–Crippen MR) is 118 cm³/mol. The third-order valence-corrected chi connectivity index (χ3v) is 6.39. The Bertz CT molecular complexity index is 1010. The number of alkyl halides is 1. The molecule has 7 heteroatoms. The number of halogens is 3. The van der Waals surface area contributed by atoms with Gasteiger partial charge < -0.3 is 15.6 Å². The zero-order chi connectivity index (χ0) is 23.0. The molecule has 0 aromatic heterocycles. The lowest BCUT2D eigenvalue weighted by Gasteiger charge is -2.44. The van der Waals surface area contributed by atoms with Crippen LogP contribution in [0.4, 0.5) is 13.2 Å². The second-order valence-electron chi connectivity index (χ2n) is 8.97. The van der Waals surface area contributed by atoms with Gasteiger partial charge in [-0.15, -0.1) is 0 Å². The molecule has 0 bridgehead atoms. The Balaban J connectivity index is 1.84. The minimum absolute atomic E-state index is 0.0687. The number of nitrogens with two attached hydrogens (primary N) is 1. The Labute approximate surface area is 186 Å². The number of fused-ring (bicyclic) bond motifs is 2. The van der Waals surface area contributed by atoms with Crippen molar-refractivity contribution in [2.75, 3.05) is 26.3 Å². The summed E-state index contributed by atoms with van der Waals surface area (Å²) < 4.78 is 51.0. The van der Waals surface area contributed by atoms with Gasteiger partial charge in [-0.2, -0.15) is 0 Å². The molecule has 3 atom stereocenters. The molecule has 32 heavy (non-hydrogen) atoms. The van der Waals surface area contributed by atoms with Crippen LogP contribution >= 0.6 is 0 Å². The van der Waals surface area contributed by atoms with Gasteiger partial charge in [0.2, 0.25) is 0 Å². The zero-order valence-corrected chi connectivity index (χ0v) is 18.4. The van der Waals surface area contributed by atoms with Crippen molar-refractivity contribution in [2.45, 2.75) is 44.4 Å². The van der Waals surface area contributed by atoms with E-state index < -0.39 is 30.0 Å². The highest BCUT2D eigenvalue weighted by Crippen LogP contribution is 2.50. The summed E-state index contributed by atoms with van der Waals surface area (Å²) in [5.41, 5.74) is 7.54. The number of aliphatic hydroxyl groups is 1. The maximum absolute atomic E-state index is 15.4. The monoisotopic (exact) mass is 446 g/mol. The summed E-state index contributed by atoms with van der Waals surface area (Å²) in [5, 5.41) is 9.54. The van der Waals surface area contributed by atoms with Crippen molar-refractivity contribution in [3.05, 3.63) is 70.3 Å². The van der Waals surface area contributed by atoms with Crippen LogP contribution in [0.2, 0.25) is 0 Å². The second-order valence-corrected chi connectivity index (χ2v) is 8.97. The van der Waals surface area contributed by atoms with Gasteiger partial charge in [-0.3, -0.25) is 4.90 Å². The standard InChI is InChI=1S/C25H29F3N2O2/c1-15-9-19-18-6-4-3-5-16(18)10-20(19)24(30(15)13-25(2,28)14-31)23-21(26)11-17(12-22(23)27)32-8-7-29/h3-6,11-12,15,24,31H,7-10,13-14,29H2,1-2H3/t15-,24+,25?/m1/s1. The molecule has 2 aromatic carbocycles. The average molecular weight is 447 g/mol. The normalized spacial score (nSPS) is 22.5. The van der Waals surface area contributed by atoms with E-state index in [2.05, 4.69) is 0 Å². The first-order chi connectivity index (χ1) is 15.3. The number of hydrogen-bond acceptors (Lipinski definition) is 4. The molecule has 0 saturated heterocycles. The van der Waals surface area contributed by atoms with Crippen molar-refractivity contribution in [3.8, 4) is 5.75 Å². The Hall–Kier alpha value is -2.35. The number of nitrogens with zero attached hydrogens (tertiary/aromatic N) is 1. The van der Waals surface area contributed by atoms with E-state index in [-0.39, 0.29) is 37.1 Å². The van der Waals surface area contributed by atoms with Gasteiger partial charge >= 0.3 is 0 Å². The van der Waals surface area contributed by atoms with Crippen molar-refractivity contribution < 1.29 is 23.0 Å². The molecule has 172 valence electrons. The van der Waals surface area contributed by atoms with E-state index in [4.69, 9.17) is 10.5 Å². The van der Waals surface area contributed by atoms with E-state index >= 15 is 8.78 Å². The molecule has 0 spiro atoms. The van der Waals surface area contributed by atoms with Crippen molar-refractivity contribution in [1.29, 1.82) is 0 Å². The van der Waals surface area contributed by atoms with Crippen LogP contribution in [0.25, 0.3) is 5.57 Å². The third kappa shape index (κ3) is 4.17. The fraction of sp³-hybridized carbons (Fsp3) is 0.440. The minimum Gasteiger partial charge on any atom is -0.492 e. The van der Waals surface area contributed by atoms with E-state index in [0.29, 0.717) is 12.8 Å². The molecular weight excluding hydrogens is 417 g/mol. The van der Waals surface area contributed by atoms with Gasteiger partial charge in [0.1, 0.15) is 29.7 Å². The fourth-order valence-corrected chi connectivity index (χ4v) is 4.92. The van der Waals surface area contributed by atoms with Gasteiger partial charge in [0, 0.05) is 36.8 Å². The van der Waals surface area contributed by atoms with Crippen LogP contribution < -0.4 is 10.5 Å². The first kappa shape index (κ1) is 22.8. The van der Waals surface area contributed by atoms with Crippen molar-refractivity contribution in [2.24, 2.45) is 5.73 Å². The zero-order valence-electron chi connectivity index (χ0n) is 18.4. The Kier molecular flexibility index (Phi) is 6.34. The van der Waals surface area contributed by atoms with E-state index in [1.165, 1.54) is 6.92 Å². The Morgan fingerprint density at radius 3 is 2.56 bits per heavy atom. The summed E-state index contributed by atoms with van der Waals surface area (Å²) in [7, 11) is 0. The van der Waals surface area contributed by atoms with Crippen LogP contribution in [-0.4, -0.2) is 48.0 Å². The molecule has 0 amide bonds. The van der Waals surface area contributed by atoms with Gasteiger partial charge in [0.15, 0.2) is 0 Å². The summed E-state index contributed by atoms with van der Waals surface area (Å²) >= 11 is 0. The maximum atomic E-state index is 15.4. The van der Waals surface area contributed by atoms with E-state index in [1.54, 1.807) is 4.90 Å². The van der Waals surface area contributed by atoms with Gasteiger partial charge in [-0.25, -0.2) is 13.2 Å². The molecule has 1 unspecified atom stereocenters. The molecule has 2 aliphatic rings. The Morgan fingerprint density at radius 1 is 1.22 bits per heavy atom. The van der Waals surface area contributed by atoms with Crippen molar-refractivity contribution in [1.82, 2.24) is 4.90 Å². The van der Waals surface area contributed by atoms with Crippen LogP contribution in [0, 0.1) is 11.6 Å². The van der Waals surface area contributed by atoms with Crippen LogP contribution in [-0.2, 0) is 6.42 Å². The van der Waals surface area contributed by atoms with Crippen LogP contribution in [0.3, 0.4) is 0 Å². The predicted octanol–water partition coefficient (Wildman–Crippen LogP) is 4.17. The molecule has 0 saturated carbocycles. The number of aliphatic hydroxyl groups excluding tert-OH is 1. The number of benzene rings is 2. The largest absolute Gasteiger partial charge is 0.492 e. The van der Waals surface area contributed by atoms with Crippen LogP contribution in [0.5, 0.6) is 5.75 Å². The topological polar surface area (TPSA) is 58.7 Å². The first-order valence-electron chi connectivity index (χ1n) is 10.9. The third-order valence-electron chi connectivity index (χ3n) is 6.39. The first-order valence-corrected chi connectivity index (χ1v) is 10.9. The number of hydrogen-bond donors (Lipinski definition) is 2. The smallest absolute Gasteiger partial charge is 0.143 e. The molecule has 4 rings (SSSR count). The van der Waals surface area contributed by atoms with Gasteiger partial charge in [0.05, 0.1) is 12.6 Å². The van der Waals surface area contributed by atoms with E-state index in [9.17, 15) is 9.50 Å². The fourth-order valence-electron chi connectivity index (χ4n) is 4.92. The second kappa shape index (κ2) is 8.89. The summed E-state index contributed by atoms with van der Waals surface area (Å²) in [6.45, 7) is 2.79. The van der Waals surface area contributed by atoms with Crippen molar-refractivity contribution in [3.63, 3.8) is 0 Å². The molecule has 3 N–H and O–H groups in total. The molecule has 1 aliphatic heterocycles. The van der Waals surface area contributed by atoms with Gasteiger partial charge in [0.25, 0.3) is 0 Å². The maximum Gasteiger partial charge on any atom is 0.143 e. The molecular formula is C25H29F3N2O2. The molecule has 2 aromatic rings. The Morgan fingerprint density at radius 2 is 1.91 bits per heavy atom. The SMILES string of the molecule is C[C@@H]1CC2=C(Cc3ccccc32)[C@@H](c2c(F)cc(OCCN)cc2F)N1CC(C)(F)CO. The average Bonchev–Trinajstić information content (AvgIpc) is 3.11. The lowest BCUT2D eigenvalue weighted by atomic mass is 9.84. The highest BCUT2D eigenvalue weighted by Gasteiger charge is 2.43. The molecule has 0 radical (unpaired) electrons. The molecule has 0 fully saturated rings. The quantitative estimate of drug-likeness (QED) is 0.670. The number of ether oxygens (including phenoxy) is 1. The highest BCUT2D eigenvalue weighted by molar-refractivity contribution is 5.79. The van der Waals surface area contributed by atoms with E-state index in [1.807, 2.05) is 31.2 Å². The van der Waals surface area contributed by atoms with Crippen molar-refractivity contribution >= 4 is 5.57 Å². The summed E-state index contributed by atoms with van der Waals surface area (Å²) in [4.78, 5) is 1.78. The summed E-state index contributed by atoms with van der Waals surface area (Å²) in [6, 6.07) is 9.30. The van der Waals surface area contributed by atoms with E-state index in [0.717, 1.165) is 34.4 Å². The van der Waals surface area contributed by atoms with Gasteiger partial charge in [-0.05, 0) is 49.0 Å². The molecule has 1 aliphatic carbocycles. The summed E-state index contributed by atoms with van der Waals surface area (Å²) in [5.74, 6) is -1.42. The van der Waals surface area contributed by atoms with Crippen LogP contribution in [0.15, 0.2) is 42.0 Å². The lowest BCUT2D eigenvalue weighted by Crippen LogP contribution is -2.49.